The topological polar surface area (TPSA) is 59.1 Å². The van der Waals surface area contributed by atoms with Gasteiger partial charge in [0.15, 0.2) is 5.11 Å². The van der Waals surface area contributed by atoms with Gasteiger partial charge in [-0.25, -0.2) is 0 Å². The maximum absolute atomic E-state index is 5.74. The molecule has 0 amide bonds. The van der Waals surface area contributed by atoms with Crippen LogP contribution in [0.2, 0.25) is 0 Å². The molecular weight excluding hydrogens is 246 g/mol. The normalized spacial score (nSPS) is 20.7. The monoisotopic (exact) mass is 265 g/mol. The van der Waals surface area contributed by atoms with Gasteiger partial charge in [-0.05, 0) is 51.6 Å². The number of piperidine rings is 1. The lowest BCUT2D eigenvalue weighted by Gasteiger charge is -2.28. The minimum Gasteiger partial charge on any atom is -0.374 e. The molecule has 3 N–H and O–H groups in total. The minimum absolute atomic E-state index is 0.333. The van der Waals surface area contributed by atoms with Crippen molar-refractivity contribution < 1.29 is 0 Å². The second kappa shape index (κ2) is 4.51. The highest BCUT2D eigenvalue weighted by molar-refractivity contribution is 7.80. The quantitative estimate of drug-likeness (QED) is 0.734. The summed E-state index contributed by atoms with van der Waals surface area (Å²) in [5.74, 6) is 1.59. The van der Waals surface area contributed by atoms with Gasteiger partial charge in [-0.15, -0.1) is 0 Å². The molecule has 0 unspecified atom stereocenters. The van der Waals surface area contributed by atoms with Gasteiger partial charge in [0.05, 0.1) is 5.69 Å². The highest BCUT2D eigenvalue weighted by atomic mass is 32.1. The molecule has 0 spiro atoms. The summed E-state index contributed by atoms with van der Waals surface area (Å²) in [4.78, 5) is 2.37. The summed E-state index contributed by atoms with van der Waals surface area (Å²) in [6.45, 7) is 3.26. The van der Waals surface area contributed by atoms with Crippen LogP contribution in [0.1, 0.15) is 30.0 Å². The van der Waals surface area contributed by atoms with Crippen LogP contribution in [0, 0.1) is 0 Å². The Morgan fingerprint density at radius 1 is 1.44 bits per heavy atom. The van der Waals surface area contributed by atoms with Crippen LogP contribution in [-0.4, -0.2) is 46.5 Å². The third-order valence-electron chi connectivity index (χ3n) is 4.00. The summed E-state index contributed by atoms with van der Waals surface area (Å²) >= 11 is 5.07. The van der Waals surface area contributed by atoms with Crippen LogP contribution in [-0.2, 0) is 6.42 Å². The number of fused-ring (bicyclic) bond motifs is 1. The predicted octanol–water partition coefficient (Wildman–Crippen LogP) is 0.752. The molecule has 0 aliphatic carbocycles. The first-order valence-corrected chi connectivity index (χ1v) is 6.91. The summed E-state index contributed by atoms with van der Waals surface area (Å²) in [5, 5.41) is 8.32. The Bertz CT molecular complexity index is 473. The molecule has 3 heterocycles. The molecule has 0 bridgehead atoms. The number of nitrogens with zero attached hydrogens (tertiary/aromatic N) is 3. The van der Waals surface area contributed by atoms with Crippen LogP contribution in [0.4, 0.5) is 5.82 Å². The van der Waals surface area contributed by atoms with Gasteiger partial charge in [-0.1, -0.05) is 0 Å². The molecule has 1 fully saturated rings. The van der Waals surface area contributed by atoms with Crippen molar-refractivity contribution in [3.05, 3.63) is 11.3 Å². The summed E-state index contributed by atoms with van der Waals surface area (Å²) in [5.41, 5.74) is 8.28. The average molecular weight is 265 g/mol. The van der Waals surface area contributed by atoms with Gasteiger partial charge < -0.3 is 16.0 Å². The third kappa shape index (κ3) is 1.89. The molecule has 0 radical (unpaired) electrons. The van der Waals surface area contributed by atoms with Crippen LogP contribution in [0.15, 0.2) is 0 Å². The zero-order chi connectivity index (χ0) is 12.7. The molecule has 98 valence electrons. The lowest BCUT2D eigenvalue weighted by molar-refractivity contribution is 0.252. The summed E-state index contributed by atoms with van der Waals surface area (Å²) in [7, 11) is 2.18. The zero-order valence-electron chi connectivity index (χ0n) is 10.6. The number of nitrogens with two attached hydrogens (primary N) is 1. The molecule has 3 rings (SSSR count). The predicted molar refractivity (Wildman–Crippen MR) is 76.1 cm³/mol. The van der Waals surface area contributed by atoms with E-state index in [1.807, 2.05) is 0 Å². The highest BCUT2D eigenvalue weighted by Crippen LogP contribution is 2.35. The van der Waals surface area contributed by atoms with E-state index in [4.69, 9.17) is 18.0 Å². The van der Waals surface area contributed by atoms with E-state index >= 15 is 0 Å². The average Bonchev–Trinajstić information content (AvgIpc) is 2.91. The fourth-order valence-corrected chi connectivity index (χ4v) is 3.10. The Morgan fingerprint density at radius 3 is 2.83 bits per heavy atom. The lowest BCUT2D eigenvalue weighted by Crippen LogP contribution is -2.30. The van der Waals surface area contributed by atoms with Crippen LogP contribution in [0.5, 0.6) is 0 Å². The Balaban J connectivity index is 1.93. The molecule has 18 heavy (non-hydrogen) atoms. The van der Waals surface area contributed by atoms with E-state index in [-0.39, 0.29) is 0 Å². The zero-order valence-corrected chi connectivity index (χ0v) is 11.5. The first-order chi connectivity index (χ1) is 8.66. The molecule has 1 aromatic rings. The molecule has 2 aliphatic heterocycles. The Labute approximate surface area is 112 Å². The molecule has 1 saturated heterocycles. The molecule has 0 aromatic carbocycles. The number of likely N-dealkylation sites (tertiary alicyclic amines) is 1. The largest absolute Gasteiger partial charge is 0.374 e. The molecule has 5 nitrogen and oxygen atoms in total. The Morgan fingerprint density at radius 2 is 2.17 bits per heavy atom. The van der Waals surface area contributed by atoms with Crippen molar-refractivity contribution in [3.8, 4) is 0 Å². The fourth-order valence-electron chi connectivity index (χ4n) is 2.97. The molecule has 0 atom stereocenters. The van der Waals surface area contributed by atoms with E-state index in [1.54, 1.807) is 4.68 Å². The van der Waals surface area contributed by atoms with Crippen LogP contribution in [0.3, 0.4) is 0 Å². The summed E-state index contributed by atoms with van der Waals surface area (Å²) < 4.78 is 1.70. The van der Waals surface area contributed by atoms with Gasteiger partial charge in [0.1, 0.15) is 5.82 Å². The number of aromatic nitrogens is 2. The van der Waals surface area contributed by atoms with E-state index in [0.717, 1.165) is 31.9 Å². The van der Waals surface area contributed by atoms with E-state index < -0.39 is 0 Å². The number of nitrogens with one attached hydrogen (secondary N) is 1. The number of hydrogen-bond acceptors (Lipinski definition) is 4. The standard InChI is InChI=1S/C12H19N5S/c1-16-6-3-8(4-7-16)10-9-2-5-14-11(9)17(15-10)12(13)18/h8,14H,2-7H2,1H3,(H2,13,18). The van der Waals surface area contributed by atoms with Gasteiger partial charge in [0.2, 0.25) is 0 Å². The highest BCUT2D eigenvalue weighted by Gasteiger charge is 2.29. The van der Waals surface area contributed by atoms with Crippen molar-refractivity contribution in [2.75, 3.05) is 32.0 Å². The number of hydrogen-bond donors (Lipinski definition) is 2. The minimum atomic E-state index is 0.333. The second-order valence-corrected chi connectivity index (χ2v) is 5.64. The molecule has 0 saturated carbocycles. The fraction of sp³-hybridized carbons (Fsp3) is 0.667. The van der Waals surface area contributed by atoms with Crippen molar-refractivity contribution in [2.24, 2.45) is 5.73 Å². The first-order valence-electron chi connectivity index (χ1n) is 6.51. The van der Waals surface area contributed by atoms with Crippen molar-refractivity contribution in [3.63, 3.8) is 0 Å². The first kappa shape index (κ1) is 11.9. The molecule has 6 heteroatoms. The smallest absolute Gasteiger partial charge is 0.193 e. The lowest BCUT2D eigenvalue weighted by atomic mass is 9.91. The second-order valence-electron chi connectivity index (χ2n) is 5.22. The Kier molecular flexibility index (Phi) is 2.99. The van der Waals surface area contributed by atoms with Gasteiger partial charge in [-0.2, -0.15) is 9.78 Å². The van der Waals surface area contributed by atoms with E-state index in [2.05, 4.69) is 22.4 Å². The number of rotatable bonds is 1. The maximum Gasteiger partial charge on any atom is 0.193 e. The van der Waals surface area contributed by atoms with E-state index in [1.165, 1.54) is 24.1 Å². The van der Waals surface area contributed by atoms with Gasteiger partial charge in [-0.3, -0.25) is 0 Å². The van der Waals surface area contributed by atoms with Crippen molar-refractivity contribution >= 4 is 23.1 Å². The SMILES string of the molecule is CN1CCC(c2nn(C(N)=S)c3c2CCN3)CC1. The molecular formula is C12H19N5S. The van der Waals surface area contributed by atoms with Crippen molar-refractivity contribution in [2.45, 2.75) is 25.2 Å². The van der Waals surface area contributed by atoms with Gasteiger partial charge in [0, 0.05) is 18.0 Å². The van der Waals surface area contributed by atoms with Gasteiger partial charge in [0.25, 0.3) is 0 Å². The Hall–Kier alpha value is -1.14. The third-order valence-corrected chi connectivity index (χ3v) is 4.17. The number of thiocarbonyl (C=S) groups is 1. The molecule has 2 aliphatic rings. The van der Waals surface area contributed by atoms with E-state index in [9.17, 15) is 0 Å². The summed E-state index contributed by atoms with van der Waals surface area (Å²) in [6.07, 6.45) is 3.40. The van der Waals surface area contributed by atoms with Crippen LogP contribution < -0.4 is 11.1 Å². The van der Waals surface area contributed by atoms with Gasteiger partial charge >= 0.3 is 0 Å². The van der Waals surface area contributed by atoms with Crippen molar-refractivity contribution in [1.29, 1.82) is 0 Å². The van der Waals surface area contributed by atoms with E-state index in [0.29, 0.717) is 11.0 Å². The summed E-state index contributed by atoms with van der Waals surface area (Å²) in [6, 6.07) is 0. The maximum atomic E-state index is 5.74. The molecule has 1 aromatic heterocycles. The van der Waals surface area contributed by atoms with Crippen LogP contribution in [0.25, 0.3) is 0 Å². The van der Waals surface area contributed by atoms with Crippen molar-refractivity contribution in [1.82, 2.24) is 14.7 Å². The van der Waals surface area contributed by atoms with Crippen LogP contribution >= 0.6 is 12.2 Å². The number of anilines is 1.